The number of aryl methyl sites for hydroxylation is 2. The van der Waals surface area contributed by atoms with E-state index in [4.69, 9.17) is 16.0 Å². The van der Waals surface area contributed by atoms with Gasteiger partial charge in [-0.15, -0.1) is 11.8 Å². The minimum Gasteiger partial charge on any atom is -0.468 e. The van der Waals surface area contributed by atoms with Gasteiger partial charge in [0, 0.05) is 16.3 Å². The van der Waals surface area contributed by atoms with E-state index in [2.05, 4.69) is 15.8 Å². The lowest BCUT2D eigenvalue weighted by Gasteiger charge is -2.11. The van der Waals surface area contributed by atoms with E-state index < -0.39 is 5.91 Å². The molecule has 0 fully saturated rings. The summed E-state index contributed by atoms with van der Waals surface area (Å²) in [6.07, 6.45) is 3.23. The molecule has 0 aliphatic heterocycles. The maximum Gasteiger partial charge on any atom is 0.273 e. The maximum atomic E-state index is 13.0. The van der Waals surface area contributed by atoms with Crippen LogP contribution >= 0.6 is 23.4 Å². The van der Waals surface area contributed by atoms with Crippen molar-refractivity contribution in [1.29, 1.82) is 0 Å². The molecule has 6 nitrogen and oxygen atoms in total. The van der Waals surface area contributed by atoms with Gasteiger partial charge < -0.3 is 9.73 Å². The number of nitrogens with one attached hydrogen (secondary N) is 2. The first kappa shape index (κ1) is 26.3. The maximum absolute atomic E-state index is 13.0. The summed E-state index contributed by atoms with van der Waals surface area (Å²) < 4.78 is 5.36. The molecule has 37 heavy (non-hydrogen) atoms. The highest BCUT2D eigenvalue weighted by atomic mass is 35.5. The molecule has 0 saturated carbocycles. The molecule has 0 spiro atoms. The molecule has 0 aliphatic carbocycles. The Balaban J connectivity index is 1.42. The monoisotopic (exact) mass is 531 g/mol. The fourth-order valence-electron chi connectivity index (χ4n) is 3.54. The average molecular weight is 532 g/mol. The minimum absolute atomic E-state index is 0.211. The SMILES string of the molecule is Cc1ccc(C=NNC(=O)c2cc(Cl)ccc2NC(=O)c2cccc(CSCc3ccco3)c2)cc1C. The van der Waals surface area contributed by atoms with E-state index in [0.717, 1.165) is 34.0 Å². The molecule has 2 N–H and O–H groups in total. The molecule has 3 aromatic carbocycles. The van der Waals surface area contributed by atoms with Crippen LogP contribution in [0.25, 0.3) is 0 Å². The lowest BCUT2D eigenvalue weighted by atomic mass is 10.1. The molecule has 1 heterocycles. The Labute approximate surface area is 225 Å². The summed E-state index contributed by atoms with van der Waals surface area (Å²) in [5.41, 5.74) is 7.75. The van der Waals surface area contributed by atoms with Crippen molar-refractivity contribution < 1.29 is 14.0 Å². The van der Waals surface area contributed by atoms with Gasteiger partial charge in [-0.2, -0.15) is 5.10 Å². The Morgan fingerprint density at radius 3 is 2.59 bits per heavy atom. The molecule has 4 rings (SSSR count). The van der Waals surface area contributed by atoms with E-state index in [9.17, 15) is 9.59 Å². The number of thioether (sulfide) groups is 1. The number of halogens is 1. The number of hydrogen-bond acceptors (Lipinski definition) is 5. The van der Waals surface area contributed by atoms with Gasteiger partial charge >= 0.3 is 0 Å². The van der Waals surface area contributed by atoms with E-state index in [1.54, 1.807) is 42.4 Å². The molecule has 0 unspecified atom stereocenters. The molecule has 4 aromatic rings. The van der Waals surface area contributed by atoms with Crippen LogP contribution in [0.15, 0.2) is 88.6 Å². The molecule has 0 aliphatic rings. The largest absolute Gasteiger partial charge is 0.468 e. The highest BCUT2D eigenvalue weighted by Crippen LogP contribution is 2.23. The van der Waals surface area contributed by atoms with Crippen LogP contribution in [0.5, 0.6) is 0 Å². The molecular weight excluding hydrogens is 506 g/mol. The number of nitrogens with zero attached hydrogens (tertiary/aromatic N) is 1. The number of carbonyl (C=O) groups is 2. The summed E-state index contributed by atoms with van der Waals surface area (Å²) in [6.45, 7) is 4.05. The van der Waals surface area contributed by atoms with E-state index in [-0.39, 0.29) is 11.5 Å². The Hall–Kier alpha value is -3.81. The zero-order valence-corrected chi connectivity index (χ0v) is 22.0. The van der Waals surface area contributed by atoms with Crippen LogP contribution < -0.4 is 10.7 Å². The number of rotatable bonds is 9. The summed E-state index contributed by atoms with van der Waals surface area (Å²) in [5, 5.41) is 7.27. The van der Waals surface area contributed by atoms with E-state index >= 15 is 0 Å². The number of carbonyl (C=O) groups excluding carboxylic acids is 2. The van der Waals surface area contributed by atoms with Crippen molar-refractivity contribution in [3.63, 3.8) is 0 Å². The van der Waals surface area contributed by atoms with Crippen molar-refractivity contribution in [3.8, 4) is 0 Å². The van der Waals surface area contributed by atoms with E-state index in [1.807, 2.05) is 62.4 Å². The Morgan fingerprint density at radius 2 is 1.81 bits per heavy atom. The predicted octanol–water partition coefficient (Wildman–Crippen LogP) is 7.00. The highest BCUT2D eigenvalue weighted by molar-refractivity contribution is 7.97. The van der Waals surface area contributed by atoms with E-state index in [1.165, 1.54) is 11.6 Å². The first-order chi connectivity index (χ1) is 17.9. The van der Waals surface area contributed by atoms with Gasteiger partial charge in [-0.3, -0.25) is 9.59 Å². The van der Waals surface area contributed by atoms with Crippen molar-refractivity contribution in [3.05, 3.63) is 123 Å². The van der Waals surface area contributed by atoms with Crippen molar-refractivity contribution in [2.24, 2.45) is 5.10 Å². The third-order valence-electron chi connectivity index (χ3n) is 5.67. The van der Waals surface area contributed by atoms with Crippen LogP contribution in [-0.2, 0) is 11.5 Å². The topological polar surface area (TPSA) is 83.7 Å². The summed E-state index contributed by atoms with van der Waals surface area (Å²) >= 11 is 7.84. The van der Waals surface area contributed by atoms with Crippen LogP contribution in [0.1, 0.15) is 48.7 Å². The molecular formula is C29H26ClN3O3S. The molecule has 0 atom stereocenters. The molecule has 1 aromatic heterocycles. The van der Waals surface area contributed by atoms with Gasteiger partial charge in [-0.1, -0.05) is 41.9 Å². The van der Waals surface area contributed by atoms with Crippen molar-refractivity contribution in [1.82, 2.24) is 5.43 Å². The van der Waals surface area contributed by atoms with Gasteiger partial charge in [-0.05, 0) is 78.6 Å². The molecule has 0 bridgehead atoms. The second-order valence-electron chi connectivity index (χ2n) is 8.46. The van der Waals surface area contributed by atoms with Gasteiger partial charge in [0.2, 0.25) is 0 Å². The fourth-order valence-corrected chi connectivity index (χ4v) is 4.60. The third-order valence-corrected chi connectivity index (χ3v) is 6.93. The molecule has 0 radical (unpaired) electrons. The number of hydrazone groups is 1. The molecule has 8 heteroatoms. The van der Waals surface area contributed by atoms with Crippen LogP contribution in [0.4, 0.5) is 5.69 Å². The summed E-state index contributed by atoms with van der Waals surface area (Å²) in [7, 11) is 0. The second kappa shape index (κ2) is 12.4. The standard InChI is InChI=1S/C29H26ClN3O3S/c1-19-8-9-21(13-20(19)2)16-31-33-29(35)26-15-24(30)10-11-27(26)32-28(34)23-6-3-5-22(14-23)17-37-18-25-7-4-12-36-25/h3-16H,17-18H2,1-2H3,(H,32,34)(H,33,35). The lowest BCUT2D eigenvalue weighted by molar-refractivity contribution is 0.0956. The van der Waals surface area contributed by atoms with Crippen LogP contribution in [0.2, 0.25) is 5.02 Å². The Kier molecular flexibility index (Phi) is 8.82. The number of hydrogen-bond donors (Lipinski definition) is 2. The minimum atomic E-state index is -0.485. The zero-order valence-electron chi connectivity index (χ0n) is 20.5. The number of furan rings is 1. The summed E-state index contributed by atoms with van der Waals surface area (Å²) in [5.74, 6) is 1.58. The van der Waals surface area contributed by atoms with Crippen molar-refractivity contribution >= 4 is 47.1 Å². The Bertz CT molecular complexity index is 1430. The number of benzene rings is 3. The second-order valence-corrected chi connectivity index (χ2v) is 9.88. The zero-order chi connectivity index (χ0) is 26.2. The molecule has 2 amide bonds. The van der Waals surface area contributed by atoms with Gasteiger partial charge in [0.15, 0.2) is 0 Å². The summed E-state index contributed by atoms with van der Waals surface area (Å²) in [6, 6.07) is 21.8. The molecule has 0 saturated heterocycles. The van der Waals surface area contributed by atoms with Crippen molar-refractivity contribution in [2.75, 3.05) is 5.32 Å². The normalized spacial score (nSPS) is 11.0. The summed E-state index contributed by atoms with van der Waals surface area (Å²) in [4.78, 5) is 25.9. The van der Waals surface area contributed by atoms with Gasteiger partial charge in [0.1, 0.15) is 5.76 Å². The molecule has 188 valence electrons. The van der Waals surface area contributed by atoms with Gasteiger partial charge in [0.25, 0.3) is 11.8 Å². The lowest BCUT2D eigenvalue weighted by Crippen LogP contribution is -2.21. The highest BCUT2D eigenvalue weighted by Gasteiger charge is 2.15. The van der Waals surface area contributed by atoms with Gasteiger partial charge in [-0.25, -0.2) is 5.43 Å². The number of anilines is 1. The quantitative estimate of drug-likeness (QED) is 0.180. The first-order valence-electron chi connectivity index (χ1n) is 11.6. The third kappa shape index (κ3) is 7.35. The van der Waals surface area contributed by atoms with Crippen LogP contribution in [-0.4, -0.2) is 18.0 Å². The predicted molar refractivity (Wildman–Crippen MR) is 151 cm³/mol. The Morgan fingerprint density at radius 1 is 0.946 bits per heavy atom. The number of amides is 2. The van der Waals surface area contributed by atoms with E-state index in [0.29, 0.717) is 16.3 Å². The van der Waals surface area contributed by atoms with Crippen molar-refractivity contribution in [2.45, 2.75) is 25.4 Å². The smallest absolute Gasteiger partial charge is 0.273 e. The van der Waals surface area contributed by atoms with Crippen LogP contribution in [0.3, 0.4) is 0 Å². The fraction of sp³-hybridized carbons (Fsp3) is 0.138. The van der Waals surface area contributed by atoms with Gasteiger partial charge in [0.05, 0.1) is 29.5 Å². The average Bonchev–Trinajstić information content (AvgIpc) is 3.41. The first-order valence-corrected chi connectivity index (χ1v) is 13.1. The van der Waals surface area contributed by atoms with Crippen LogP contribution in [0, 0.1) is 13.8 Å².